The van der Waals surface area contributed by atoms with E-state index in [1.807, 2.05) is 0 Å². The van der Waals surface area contributed by atoms with Crippen LogP contribution < -0.4 is 11.1 Å². The lowest BCUT2D eigenvalue weighted by molar-refractivity contribution is -0.122. The van der Waals surface area contributed by atoms with E-state index in [9.17, 15) is 9.59 Å². The summed E-state index contributed by atoms with van der Waals surface area (Å²) in [5.74, 6) is -1.28. The smallest absolute Gasteiger partial charge is 0.335 e. The van der Waals surface area contributed by atoms with E-state index in [-0.39, 0.29) is 18.0 Å². The molecule has 0 heterocycles. The molecule has 0 aliphatic heterocycles. The molecule has 4 N–H and O–H groups in total. The first-order valence-electron chi connectivity index (χ1n) is 5.89. The second-order valence-electron chi connectivity index (χ2n) is 4.11. The molecule has 1 unspecified atom stereocenters. The SMILES string of the molecule is COCCC(N)C(=O)NCc1cccc(C(=O)O)c1. The average Bonchev–Trinajstić information content (AvgIpc) is 2.42. The average molecular weight is 266 g/mol. The molecule has 1 aromatic carbocycles. The minimum atomic E-state index is -0.995. The summed E-state index contributed by atoms with van der Waals surface area (Å²) in [4.78, 5) is 22.4. The summed E-state index contributed by atoms with van der Waals surface area (Å²) >= 11 is 0. The van der Waals surface area contributed by atoms with Crippen molar-refractivity contribution in [3.05, 3.63) is 35.4 Å². The van der Waals surface area contributed by atoms with Crippen LogP contribution >= 0.6 is 0 Å². The second kappa shape index (κ2) is 7.50. The van der Waals surface area contributed by atoms with E-state index in [1.54, 1.807) is 19.2 Å². The number of carboxylic acid groups (broad SMARTS) is 1. The molecule has 0 bridgehead atoms. The first-order valence-corrected chi connectivity index (χ1v) is 5.89. The van der Waals surface area contributed by atoms with Crippen LogP contribution in [-0.4, -0.2) is 36.7 Å². The minimum absolute atomic E-state index is 0.190. The third kappa shape index (κ3) is 5.07. The zero-order chi connectivity index (χ0) is 14.3. The molecule has 0 radical (unpaired) electrons. The Bertz CT molecular complexity index is 448. The molecule has 1 amide bonds. The van der Waals surface area contributed by atoms with Gasteiger partial charge in [-0.2, -0.15) is 0 Å². The second-order valence-corrected chi connectivity index (χ2v) is 4.11. The fraction of sp³-hybridized carbons (Fsp3) is 0.385. The van der Waals surface area contributed by atoms with Crippen LogP contribution in [0, 0.1) is 0 Å². The largest absolute Gasteiger partial charge is 0.478 e. The van der Waals surface area contributed by atoms with Crippen LogP contribution in [0.3, 0.4) is 0 Å². The fourth-order valence-electron chi connectivity index (χ4n) is 1.51. The number of benzene rings is 1. The highest BCUT2D eigenvalue weighted by atomic mass is 16.5. The molecule has 1 aromatic rings. The van der Waals surface area contributed by atoms with Crippen LogP contribution in [0.25, 0.3) is 0 Å². The minimum Gasteiger partial charge on any atom is -0.478 e. The Morgan fingerprint density at radius 1 is 1.47 bits per heavy atom. The molecular weight excluding hydrogens is 248 g/mol. The van der Waals surface area contributed by atoms with Crippen molar-refractivity contribution in [3.8, 4) is 0 Å². The van der Waals surface area contributed by atoms with Crippen molar-refractivity contribution in [2.24, 2.45) is 5.73 Å². The molecule has 0 aliphatic rings. The molecule has 19 heavy (non-hydrogen) atoms. The lowest BCUT2D eigenvalue weighted by Gasteiger charge is -2.11. The molecule has 0 saturated heterocycles. The number of nitrogens with one attached hydrogen (secondary N) is 1. The van der Waals surface area contributed by atoms with Crippen molar-refractivity contribution in [3.63, 3.8) is 0 Å². The van der Waals surface area contributed by atoms with E-state index in [0.717, 1.165) is 0 Å². The van der Waals surface area contributed by atoms with E-state index in [2.05, 4.69) is 5.32 Å². The summed E-state index contributed by atoms with van der Waals surface area (Å²) in [6.45, 7) is 0.670. The van der Waals surface area contributed by atoms with Crippen molar-refractivity contribution >= 4 is 11.9 Å². The van der Waals surface area contributed by atoms with Gasteiger partial charge >= 0.3 is 5.97 Å². The molecule has 1 rings (SSSR count). The van der Waals surface area contributed by atoms with Gasteiger partial charge in [-0.3, -0.25) is 4.79 Å². The van der Waals surface area contributed by atoms with Gasteiger partial charge in [-0.1, -0.05) is 12.1 Å². The molecule has 0 saturated carbocycles. The number of aromatic carboxylic acids is 1. The van der Waals surface area contributed by atoms with Gasteiger partial charge in [0.05, 0.1) is 11.6 Å². The Morgan fingerprint density at radius 3 is 2.84 bits per heavy atom. The fourth-order valence-corrected chi connectivity index (χ4v) is 1.51. The van der Waals surface area contributed by atoms with Gasteiger partial charge in [-0.05, 0) is 24.1 Å². The first kappa shape index (κ1) is 15.1. The highest BCUT2D eigenvalue weighted by molar-refractivity contribution is 5.87. The predicted octanol–water partition coefficient (Wildman–Crippen LogP) is 0.365. The topological polar surface area (TPSA) is 102 Å². The number of methoxy groups -OCH3 is 1. The normalized spacial score (nSPS) is 11.9. The van der Waals surface area contributed by atoms with Crippen LogP contribution in [0.2, 0.25) is 0 Å². The van der Waals surface area contributed by atoms with Gasteiger partial charge in [0, 0.05) is 20.3 Å². The monoisotopic (exact) mass is 266 g/mol. The third-order valence-electron chi connectivity index (χ3n) is 2.61. The molecule has 0 fully saturated rings. The van der Waals surface area contributed by atoms with E-state index >= 15 is 0 Å². The molecule has 0 spiro atoms. The van der Waals surface area contributed by atoms with Gasteiger partial charge in [0.1, 0.15) is 0 Å². The highest BCUT2D eigenvalue weighted by Gasteiger charge is 2.12. The molecule has 104 valence electrons. The van der Waals surface area contributed by atoms with E-state index in [0.29, 0.717) is 18.6 Å². The standard InChI is InChI=1S/C13H18N2O4/c1-19-6-5-11(14)12(16)15-8-9-3-2-4-10(7-9)13(17)18/h2-4,7,11H,5-6,8,14H2,1H3,(H,15,16)(H,17,18). The van der Waals surface area contributed by atoms with Crippen molar-refractivity contribution in [1.29, 1.82) is 0 Å². The van der Waals surface area contributed by atoms with Crippen molar-refractivity contribution < 1.29 is 19.4 Å². The lowest BCUT2D eigenvalue weighted by Crippen LogP contribution is -2.40. The summed E-state index contributed by atoms with van der Waals surface area (Å²) in [6.07, 6.45) is 0.442. The zero-order valence-corrected chi connectivity index (χ0v) is 10.8. The van der Waals surface area contributed by atoms with Crippen LogP contribution in [-0.2, 0) is 16.1 Å². The molecule has 1 atom stereocenters. The van der Waals surface area contributed by atoms with Gasteiger partial charge in [0.2, 0.25) is 5.91 Å². The van der Waals surface area contributed by atoms with E-state index < -0.39 is 12.0 Å². The molecular formula is C13H18N2O4. The maximum absolute atomic E-state index is 11.6. The maximum Gasteiger partial charge on any atom is 0.335 e. The van der Waals surface area contributed by atoms with Crippen molar-refractivity contribution in [2.45, 2.75) is 19.0 Å². The van der Waals surface area contributed by atoms with Crippen molar-refractivity contribution in [2.75, 3.05) is 13.7 Å². The van der Waals surface area contributed by atoms with E-state index in [4.69, 9.17) is 15.6 Å². The Kier molecular flexibility index (Phi) is 5.98. The number of amides is 1. The third-order valence-corrected chi connectivity index (χ3v) is 2.61. The molecule has 0 aromatic heterocycles. The Morgan fingerprint density at radius 2 is 2.21 bits per heavy atom. The number of hydrogen-bond donors (Lipinski definition) is 3. The summed E-state index contributed by atoms with van der Waals surface area (Å²) in [5.41, 5.74) is 6.56. The van der Waals surface area contributed by atoms with Gasteiger partial charge in [0.15, 0.2) is 0 Å². The Hall–Kier alpha value is -1.92. The Balaban J connectivity index is 2.50. The Labute approximate surface area is 111 Å². The van der Waals surface area contributed by atoms with Crippen molar-refractivity contribution in [1.82, 2.24) is 5.32 Å². The number of nitrogens with two attached hydrogens (primary N) is 1. The van der Waals surface area contributed by atoms with Crippen LogP contribution in [0.1, 0.15) is 22.3 Å². The van der Waals surface area contributed by atoms with Gasteiger partial charge in [0.25, 0.3) is 0 Å². The van der Waals surface area contributed by atoms with Gasteiger partial charge < -0.3 is 20.9 Å². The van der Waals surface area contributed by atoms with E-state index in [1.165, 1.54) is 12.1 Å². The summed E-state index contributed by atoms with van der Waals surface area (Å²) in [5, 5.41) is 11.5. The highest BCUT2D eigenvalue weighted by Crippen LogP contribution is 2.05. The van der Waals surface area contributed by atoms with Crippen LogP contribution in [0.15, 0.2) is 24.3 Å². The predicted molar refractivity (Wildman–Crippen MR) is 69.7 cm³/mol. The lowest BCUT2D eigenvalue weighted by atomic mass is 10.1. The van der Waals surface area contributed by atoms with Crippen LogP contribution in [0.4, 0.5) is 0 Å². The molecule has 0 aliphatic carbocycles. The number of carbonyl (C=O) groups is 2. The first-order chi connectivity index (χ1) is 9.04. The summed E-state index contributed by atoms with van der Waals surface area (Å²) in [6, 6.07) is 5.77. The number of rotatable bonds is 7. The van der Waals surface area contributed by atoms with Gasteiger partial charge in [-0.15, -0.1) is 0 Å². The van der Waals surface area contributed by atoms with Crippen LogP contribution in [0.5, 0.6) is 0 Å². The summed E-state index contributed by atoms with van der Waals surface area (Å²) < 4.78 is 4.84. The molecule has 6 nitrogen and oxygen atoms in total. The number of carboxylic acids is 1. The zero-order valence-electron chi connectivity index (χ0n) is 10.8. The number of ether oxygens (including phenoxy) is 1. The molecule has 6 heteroatoms. The quantitative estimate of drug-likeness (QED) is 0.661. The number of hydrogen-bond acceptors (Lipinski definition) is 4. The maximum atomic E-state index is 11.6. The van der Waals surface area contributed by atoms with Gasteiger partial charge in [-0.25, -0.2) is 4.79 Å². The number of carbonyl (C=O) groups excluding carboxylic acids is 1. The summed E-state index contributed by atoms with van der Waals surface area (Å²) in [7, 11) is 1.54.